The lowest BCUT2D eigenvalue weighted by Crippen LogP contribution is -2.27. The highest BCUT2D eigenvalue weighted by Gasteiger charge is 2.29. The van der Waals surface area contributed by atoms with Crippen LogP contribution < -0.4 is 10.2 Å². The molecule has 2 atom stereocenters. The molecule has 0 saturated carbocycles. The van der Waals surface area contributed by atoms with E-state index in [1.165, 1.54) is 24.4 Å². The molecule has 3 aromatic heterocycles. The Morgan fingerprint density at radius 2 is 1.91 bits per heavy atom. The number of nitrogens with zero attached hydrogens (tertiary/aromatic N) is 4. The highest BCUT2D eigenvalue weighted by Crippen LogP contribution is 2.38. The summed E-state index contributed by atoms with van der Waals surface area (Å²) in [6, 6.07) is 9.27. The van der Waals surface area contributed by atoms with Crippen molar-refractivity contribution in [2.24, 2.45) is 0 Å². The van der Waals surface area contributed by atoms with E-state index >= 15 is 0 Å². The Balaban J connectivity index is 1.43. The van der Waals surface area contributed by atoms with E-state index in [0.717, 1.165) is 30.4 Å². The average Bonchev–Trinajstić information content (AvgIpc) is 3.48. The van der Waals surface area contributed by atoms with Gasteiger partial charge in [-0.1, -0.05) is 0 Å². The third-order valence-corrected chi connectivity index (χ3v) is 6.19. The third kappa shape index (κ3) is 4.09. The number of fused-ring (bicyclic) bond motifs is 1. The van der Waals surface area contributed by atoms with Gasteiger partial charge >= 0.3 is 0 Å². The minimum atomic E-state index is -0.474. The second-order valence-electron chi connectivity index (χ2n) is 8.39. The maximum absolute atomic E-state index is 14.5. The van der Waals surface area contributed by atoms with Gasteiger partial charge in [0.25, 0.3) is 5.91 Å². The number of carbonyl (C=O) groups is 1. The topological polar surface area (TPSA) is 62.5 Å². The molecule has 1 unspecified atom stereocenters. The number of benzene rings is 1. The maximum Gasteiger partial charge on any atom is 0.255 e. The van der Waals surface area contributed by atoms with Crippen molar-refractivity contribution in [3.8, 4) is 0 Å². The van der Waals surface area contributed by atoms with Crippen LogP contribution in [0.3, 0.4) is 0 Å². The zero-order chi connectivity index (χ0) is 23.8. The highest BCUT2D eigenvalue weighted by molar-refractivity contribution is 6.01. The lowest BCUT2D eigenvalue weighted by Gasteiger charge is -2.27. The van der Waals surface area contributed by atoms with E-state index in [1.54, 1.807) is 17.6 Å². The Hall–Kier alpha value is -3.88. The molecule has 1 fully saturated rings. The third-order valence-electron chi connectivity index (χ3n) is 6.19. The standard InChI is InChI=1S/C25H22F3N5O/c1-15(22-7-5-17(27)13-29-22)31-25(34)20-14-30-33-10-8-18(12-24(20)33)32-9-2-3-23(32)19-11-16(26)4-6-21(19)28/h4-8,10-15,23H,2-3,9H2,1H3,(H,31,34)/t15?,23-/m1/s1. The lowest BCUT2D eigenvalue weighted by atomic mass is 10.0. The van der Waals surface area contributed by atoms with Gasteiger partial charge < -0.3 is 10.2 Å². The average molecular weight is 465 g/mol. The summed E-state index contributed by atoms with van der Waals surface area (Å²) in [5.74, 6) is -1.71. The van der Waals surface area contributed by atoms with E-state index in [2.05, 4.69) is 15.4 Å². The number of amides is 1. The van der Waals surface area contributed by atoms with Crippen LogP contribution in [0.2, 0.25) is 0 Å². The van der Waals surface area contributed by atoms with Crippen LogP contribution in [0.1, 0.15) is 53.5 Å². The lowest BCUT2D eigenvalue weighted by molar-refractivity contribution is 0.0940. The van der Waals surface area contributed by atoms with Gasteiger partial charge in [-0.2, -0.15) is 5.10 Å². The Bertz CT molecular complexity index is 1350. The van der Waals surface area contributed by atoms with Crippen molar-refractivity contribution in [1.29, 1.82) is 0 Å². The first-order valence-electron chi connectivity index (χ1n) is 11.0. The first-order chi connectivity index (χ1) is 16.4. The second-order valence-corrected chi connectivity index (χ2v) is 8.39. The summed E-state index contributed by atoms with van der Waals surface area (Å²) in [7, 11) is 0. The molecule has 174 valence electrons. The minimum Gasteiger partial charge on any atom is -0.364 e. The summed E-state index contributed by atoms with van der Waals surface area (Å²) < 4.78 is 43.0. The van der Waals surface area contributed by atoms with Crippen LogP contribution in [-0.4, -0.2) is 27.0 Å². The number of carbonyl (C=O) groups excluding carboxylic acids is 1. The van der Waals surface area contributed by atoms with Gasteiger partial charge in [0.05, 0.1) is 41.3 Å². The molecule has 9 heteroatoms. The summed E-state index contributed by atoms with van der Waals surface area (Å²) in [5, 5.41) is 7.13. The Labute approximate surface area is 194 Å². The number of hydrogen-bond acceptors (Lipinski definition) is 4. The van der Waals surface area contributed by atoms with E-state index in [4.69, 9.17) is 0 Å². The van der Waals surface area contributed by atoms with Gasteiger partial charge in [0.1, 0.15) is 17.5 Å². The predicted octanol–water partition coefficient (Wildman–Crippen LogP) is 4.98. The van der Waals surface area contributed by atoms with Crippen LogP contribution in [0, 0.1) is 17.5 Å². The SMILES string of the molecule is CC(NC(=O)c1cnn2ccc(N3CCC[C@@H]3c3cc(F)ccc3F)cc12)c1ccc(F)cn1. The van der Waals surface area contributed by atoms with Gasteiger partial charge in [-0.3, -0.25) is 9.78 Å². The minimum absolute atomic E-state index is 0.303. The maximum atomic E-state index is 14.5. The van der Waals surface area contributed by atoms with Crippen molar-refractivity contribution < 1.29 is 18.0 Å². The molecular weight excluding hydrogens is 443 g/mol. The molecule has 5 rings (SSSR count). The van der Waals surface area contributed by atoms with Crippen molar-refractivity contribution in [3.63, 3.8) is 0 Å². The van der Waals surface area contributed by atoms with Crippen LogP contribution >= 0.6 is 0 Å². The van der Waals surface area contributed by atoms with E-state index in [0.29, 0.717) is 35.3 Å². The number of rotatable bonds is 5. The molecule has 6 nitrogen and oxygen atoms in total. The molecule has 1 amide bonds. The van der Waals surface area contributed by atoms with Crippen LogP contribution in [0.5, 0.6) is 0 Å². The summed E-state index contributed by atoms with van der Waals surface area (Å²) in [6.07, 6.45) is 5.85. The van der Waals surface area contributed by atoms with Crippen molar-refractivity contribution in [1.82, 2.24) is 19.9 Å². The van der Waals surface area contributed by atoms with Crippen molar-refractivity contribution in [3.05, 3.63) is 95.3 Å². The van der Waals surface area contributed by atoms with Crippen molar-refractivity contribution in [2.45, 2.75) is 31.8 Å². The molecule has 0 bridgehead atoms. The van der Waals surface area contributed by atoms with E-state index in [1.807, 2.05) is 17.0 Å². The first-order valence-corrected chi connectivity index (χ1v) is 11.0. The van der Waals surface area contributed by atoms with Crippen molar-refractivity contribution in [2.75, 3.05) is 11.4 Å². The molecule has 4 heterocycles. The van der Waals surface area contributed by atoms with Crippen molar-refractivity contribution >= 4 is 17.1 Å². The van der Waals surface area contributed by atoms with Crippen LogP contribution in [0.25, 0.3) is 5.52 Å². The van der Waals surface area contributed by atoms with Crippen LogP contribution in [0.4, 0.5) is 18.9 Å². The van der Waals surface area contributed by atoms with Crippen LogP contribution in [0.15, 0.2) is 61.1 Å². The fraction of sp³-hybridized carbons (Fsp3) is 0.240. The summed E-state index contributed by atoms with van der Waals surface area (Å²) >= 11 is 0. The molecule has 0 spiro atoms. The molecule has 4 aromatic rings. The van der Waals surface area contributed by atoms with Gasteiger partial charge in [0.2, 0.25) is 0 Å². The van der Waals surface area contributed by atoms with Crippen LogP contribution in [-0.2, 0) is 0 Å². The first kappa shape index (κ1) is 21.9. The summed E-state index contributed by atoms with van der Waals surface area (Å²) in [4.78, 5) is 19.0. The highest BCUT2D eigenvalue weighted by atomic mass is 19.1. The van der Waals surface area contributed by atoms with Gasteiger partial charge in [0, 0.05) is 24.0 Å². The zero-order valence-electron chi connectivity index (χ0n) is 18.4. The van der Waals surface area contributed by atoms with E-state index in [-0.39, 0.29) is 11.9 Å². The molecule has 34 heavy (non-hydrogen) atoms. The number of pyridine rings is 2. The molecule has 0 radical (unpaired) electrons. The largest absolute Gasteiger partial charge is 0.364 e. The molecule has 1 aromatic carbocycles. The van der Waals surface area contributed by atoms with Gasteiger partial charge in [0.15, 0.2) is 0 Å². The Morgan fingerprint density at radius 3 is 2.71 bits per heavy atom. The smallest absolute Gasteiger partial charge is 0.255 e. The number of nitrogens with one attached hydrogen (secondary N) is 1. The molecule has 1 aliphatic heterocycles. The van der Waals surface area contributed by atoms with E-state index < -0.39 is 23.5 Å². The second kappa shape index (κ2) is 8.81. The Morgan fingerprint density at radius 1 is 1.09 bits per heavy atom. The van der Waals surface area contributed by atoms with Gasteiger partial charge in [-0.25, -0.2) is 17.7 Å². The predicted molar refractivity (Wildman–Crippen MR) is 121 cm³/mol. The summed E-state index contributed by atoms with van der Waals surface area (Å²) in [5.41, 5.74) is 2.60. The fourth-order valence-electron chi connectivity index (χ4n) is 4.48. The Kier molecular flexibility index (Phi) is 5.69. The number of hydrogen-bond donors (Lipinski definition) is 1. The normalized spacial score (nSPS) is 16.7. The number of halogens is 3. The number of anilines is 1. The molecule has 0 aliphatic carbocycles. The monoisotopic (exact) mass is 465 g/mol. The molecule has 1 N–H and O–H groups in total. The fourth-order valence-corrected chi connectivity index (χ4v) is 4.48. The molecule has 1 saturated heterocycles. The van der Waals surface area contributed by atoms with Gasteiger partial charge in [-0.05, 0) is 62.2 Å². The number of aromatic nitrogens is 3. The van der Waals surface area contributed by atoms with Gasteiger partial charge in [-0.15, -0.1) is 0 Å². The van der Waals surface area contributed by atoms with E-state index in [9.17, 15) is 18.0 Å². The molecule has 1 aliphatic rings. The quantitative estimate of drug-likeness (QED) is 0.452. The summed E-state index contributed by atoms with van der Waals surface area (Å²) in [6.45, 7) is 2.44. The molecular formula is C25H22F3N5O. The zero-order valence-corrected chi connectivity index (χ0v) is 18.4.